The lowest BCUT2D eigenvalue weighted by atomic mass is 9.94. The van der Waals surface area contributed by atoms with Crippen molar-refractivity contribution in [2.24, 2.45) is 11.8 Å². The molecule has 1 aromatic rings. The molecule has 1 heterocycles. The van der Waals surface area contributed by atoms with Gasteiger partial charge in [-0.1, -0.05) is 17.7 Å². The highest BCUT2D eigenvalue weighted by Crippen LogP contribution is 2.49. The maximum absolute atomic E-state index is 13.0. The van der Waals surface area contributed by atoms with Gasteiger partial charge in [-0.25, -0.2) is 8.78 Å². The highest BCUT2D eigenvalue weighted by Gasteiger charge is 2.62. The first kappa shape index (κ1) is 19.2. The zero-order valence-electron chi connectivity index (χ0n) is 14.7. The summed E-state index contributed by atoms with van der Waals surface area (Å²) >= 11 is 0. The Kier molecular flexibility index (Phi) is 5.35. The van der Waals surface area contributed by atoms with Crippen LogP contribution in [-0.4, -0.2) is 44.8 Å². The lowest BCUT2D eigenvalue weighted by molar-refractivity contribution is -0.136. The van der Waals surface area contributed by atoms with Crippen molar-refractivity contribution >= 4 is 16.0 Å². The first-order chi connectivity index (χ1) is 12.2. The van der Waals surface area contributed by atoms with Gasteiger partial charge in [-0.3, -0.25) is 8.98 Å². The molecule has 0 bridgehead atoms. The van der Waals surface area contributed by atoms with Crippen molar-refractivity contribution in [2.75, 3.05) is 19.7 Å². The Bertz CT molecular complexity index is 756. The average Bonchev–Trinajstić information content (AvgIpc) is 3.23. The van der Waals surface area contributed by atoms with Gasteiger partial charge in [0, 0.05) is 19.5 Å². The molecule has 1 aliphatic carbocycles. The number of carbonyl (C=O) groups excluding carboxylic acids is 1. The third kappa shape index (κ3) is 4.40. The van der Waals surface area contributed by atoms with Gasteiger partial charge in [0.15, 0.2) is 0 Å². The fourth-order valence-electron chi connectivity index (χ4n) is 3.24. The summed E-state index contributed by atoms with van der Waals surface area (Å²) in [6, 6.07) is 6.46. The largest absolute Gasteiger partial charge is 0.342 e. The minimum absolute atomic E-state index is 0.0789. The Hall–Kier alpha value is -1.54. The van der Waals surface area contributed by atoms with Gasteiger partial charge in [-0.2, -0.15) is 8.42 Å². The number of nitrogens with zero attached hydrogens (tertiary/aromatic N) is 1. The van der Waals surface area contributed by atoms with E-state index in [-0.39, 0.29) is 23.8 Å². The van der Waals surface area contributed by atoms with E-state index in [1.54, 1.807) is 12.1 Å². The molecule has 0 aromatic heterocycles. The summed E-state index contributed by atoms with van der Waals surface area (Å²) in [7, 11) is -3.77. The van der Waals surface area contributed by atoms with Gasteiger partial charge in [0.05, 0.1) is 11.5 Å². The van der Waals surface area contributed by atoms with Crippen molar-refractivity contribution < 1.29 is 26.2 Å². The SMILES string of the molecule is Cc1ccc(S(=O)(=O)OCCC2CCN(C(=O)C3CC3(F)F)CC2)cc1. The number of piperidine rings is 1. The molecule has 1 amide bonds. The van der Waals surface area contributed by atoms with Gasteiger partial charge in [-0.05, 0) is 44.2 Å². The van der Waals surface area contributed by atoms with E-state index in [2.05, 4.69) is 0 Å². The molecule has 3 rings (SSSR count). The second-order valence-electron chi connectivity index (χ2n) is 7.16. The van der Waals surface area contributed by atoms with Crippen LogP contribution in [0.25, 0.3) is 0 Å². The minimum Gasteiger partial charge on any atom is -0.342 e. The number of amides is 1. The maximum Gasteiger partial charge on any atom is 0.296 e. The van der Waals surface area contributed by atoms with Gasteiger partial charge in [0.1, 0.15) is 5.92 Å². The zero-order valence-corrected chi connectivity index (χ0v) is 15.5. The standard InChI is InChI=1S/C18H23F2NO4S/c1-13-2-4-15(5-3-13)26(23,24)25-11-8-14-6-9-21(10-7-14)17(22)16-12-18(16,19)20/h2-5,14,16H,6-12H2,1H3. The Morgan fingerprint density at radius 2 is 1.81 bits per heavy atom. The van der Waals surface area contributed by atoms with Gasteiger partial charge in [0.2, 0.25) is 5.91 Å². The second kappa shape index (κ2) is 7.23. The number of aryl methyl sites for hydroxylation is 1. The first-order valence-corrected chi connectivity index (χ1v) is 10.2. The van der Waals surface area contributed by atoms with E-state index in [0.717, 1.165) is 5.56 Å². The Morgan fingerprint density at radius 1 is 1.23 bits per heavy atom. The van der Waals surface area contributed by atoms with Crippen LogP contribution in [0.2, 0.25) is 0 Å². The first-order valence-electron chi connectivity index (χ1n) is 8.82. The number of carbonyl (C=O) groups is 1. The fraction of sp³-hybridized carbons (Fsp3) is 0.611. The fourth-order valence-corrected chi connectivity index (χ4v) is 4.16. The molecule has 1 saturated heterocycles. The molecule has 5 nitrogen and oxygen atoms in total. The number of hydrogen-bond acceptors (Lipinski definition) is 4. The highest BCUT2D eigenvalue weighted by molar-refractivity contribution is 7.86. The predicted octanol–water partition coefficient (Wildman–Crippen LogP) is 2.98. The van der Waals surface area contributed by atoms with Crippen LogP contribution < -0.4 is 0 Å². The van der Waals surface area contributed by atoms with Crippen LogP contribution in [0, 0.1) is 18.8 Å². The van der Waals surface area contributed by atoms with E-state index in [1.165, 1.54) is 17.0 Å². The summed E-state index contributed by atoms with van der Waals surface area (Å²) in [4.78, 5) is 13.6. The van der Waals surface area contributed by atoms with Crippen LogP contribution in [0.3, 0.4) is 0 Å². The Labute approximate surface area is 152 Å². The van der Waals surface area contributed by atoms with Crippen LogP contribution in [-0.2, 0) is 19.1 Å². The van der Waals surface area contributed by atoms with Crippen molar-refractivity contribution in [1.82, 2.24) is 4.90 Å². The van der Waals surface area contributed by atoms with Crippen LogP contribution in [0.5, 0.6) is 0 Å². The molecule has 0 radical (unpaired) electrons. The van der Waals surface area contributed by atoms with Crippen LogP contribution in [0.1, 0.15) is 31.2 Å². The molecular formula is C18H23F2NO4S. The van der Waals surface area contributed by atoms with Crippen molar-refractivity contribution in [3.05, 3.63) is 29.8 Å². The summed E-state index contributed by atoms with van der Waals surface area (Å²) < 4.78 is 55.3. The molecule has 1 aliphatic heterocycles. The van der Waals surface area contributed by atoms with E-state index in [9.17, 15) is 22.0 Å². The van der Waals surface area contributed by atoms with Crippen molar-refractivity contribution in [3.63, 3.8) is 0 Å². The molecular weight excluding hydrogens is 364 g/mol. The quantitative estimate of drug-likeness (QED) is 0.704. The number of rotatable bonds is 6. The maximum atomic E-state index is 13.0. The third-order valence-electron chi connectivity index (χ3n) is 5.12. The van der Waals surface area contributed by atoms with Gasteiger partial charge < -0.3 is 4.90 Å². The Morgan fingerprint density at radius 3 is 2.35 bits per heavy atom. The molecule has 8 heteroatoms. The molecule has 2 aliphatic rings. The number of halogens is 2. The lowest BCUT2D eigenvalue weighted by Gasteiger charge is -2.32. The summed E-state index contributed by atoms with van der Waals surface area (Å²) in [5.41, 5.74) is 0.967. The number of alkyl halides is 2. The van der Waals surface area contributed by atoms with Crippen molar-refractivity contribution in [1.29, 1.82) is 0 Å². The molecule has 1 aromatic carbocycles. The summed E-state index contributed by atoms with van der Waals surface area (Å²) in [5.74, 6) is -4.19. The van der Waals surface area contributed by atoms with E-state index >= 15 is 0 Å². The van der Waals surface area contributed by atoms with Gasteiger partial charge >= 0.3 is 0 Å². The van der Waals surface area contributed by atoms with Crippen molar-refractivity contribution in [3.8, 4) is 0 Å². The third-order valence-corrected chi connectivity index (χ3v) is 6.45. The van der Waals surface area contributed by atoms with E-state index in [0.29, 0.717) is 32.4 Å². The van der Waals surface area contributed by atoms with E-state index in [4.69, 9.17) is 4.18 Å². The highest BCUT2D eigenvalue weighted by atomic mass is 32.2. The normalized spacial score (nSPS) is 23.0. The van der Waals surface area contributed by atoms with Gasteiger partial charge in [0.25, 0.3) is 16.0 Å². The van der Waals surface area contributed by atoms with Crippen LogP contribution in [0.15, 0.2) is 29.2 Å². The van der Waals surface area contributed by atoms with Crippen LogP contribution in [0.4, 0.5) is 8.78 Å². The number of hydrogen-bond donors (Lipinski definition) is 0. The average molecular weight is 387 g/mol. The summed E-state index contributed by atoms with van der Waals surface area (Å²) in [6.07, 6.45) is 1.58. The minimum atomic E-state index is -3.77. The summed E-state index contributed by atoms with van der Waals surface area (Å²) in [6.45, 7) is 2.84. The zero-order chi connectivity index (χ0) is 18.9. The molecule has 1 unspecified atom stereocenters. The number of benzene rings is 1. The summed E-state index contributed by atoms with van der Waals surface area (Å²) in [5, 5.41) is 0. The molecule has 1 atom stereocenters. The molecule has 144 valence electrons. The van der Waals surface area contributed by atoms with Gasteiger partial charge in [-0.15, -0.1) is 0 Å². The second-order valence-corrected chi connectivity index (χ2v) is 8.78. The molecule has 2 fully saturated rings. The molecule has 0 N–H and O–H groups in total. The topological polar surface area (TPSA) is 63.7 Å². The van der Waals surface area contributed by atoms with Crippen LogP contribution >= 0.6 is 0 Å². The van der Waals surface area contributed by atoms with E-state index < -0.39 is 27.9 Å². The van der Waals surface area contributed by atoms with E-state index in [1.807, 2.05) is 6.92 Å². The predicted molar refractivity (Wildman–Crippen MR) is 91.3 cm³/mol. The molecule has 26 heavy (non-hydrogen) atoms. The lowest BCUT2D eigenvalue weighted by Crippen LogP contribution is -2.40. The van der Waals surface area contributed by atoms with Crippen molar-refractivity contribution in [2.45, 2.75) is 43.4 Å². The molecule has 0 spiro atoms. The monoisotopic (exact) mass is 387 g/mol. The number of likely N-dealkylation sites (tertiary alicyclic amines) is 1. The molecule has 1 saturated carbocycles. The Balaban J connectivity index is 1.41. The smallest absolute Gasteiger partial charge is 0.296 e.